The summed E-state index contributed by atoms with van der Waals surface area (Å²) in [7, 11) is 2.21. The Hall–Kier alpha value is -1.14. The highest BCUT2D eigenvalue weighted by Gasteiger charge is 2.53. The van der Waals surface area contributed by atoms with Crippen molar-refractivity contribution in [3.63, 3.8) is 0 Å². The number of piperidine rings is 1. The van der Waals surface area contributed by atoms with Crippen molar-refractivity contribution < 1.29 is 14.3 Å². The zero-order chi connectivity index (χ0) is 18.1. The van der Waals surface area contributed by atoms with Crippen LogP contribution in [0.4, 0.5) is 0 Å². The molecule has 4 fully saturated rings. The SMILES string of the molecule is CN1CCN2CC(CCNC(=O)C3OC(=O)CC34CCCC4)CCC2C1. The lowest BCUT2D eigenvalue weighted by Crippen LogP contribution is -2.55. The van der Waals surface area contributed by atoms with Gasteiger partial charge in [-0.2, -0.15) is 0 Å². The van der Waals surface area contributed by atoms with E-state index in [0.717, 1.165) is 51.2 Å². The molecule has 0 aromatic carbocycles. The molecule has 1 amide bonds. The second-order valence-electron chi connectivity index (χ2n) is 9.05. The number of ether oxygens (including phenoxy) is 1. The van der Waals surface area contributed by atoms with Crippen molar-refractivity contribution in [1.29, 1.82) is 0 Å². The fourth-order valence-electron chi connectivity index (χ4n) is 5.67. The highest BCUT2D eigenvalue weighted by Crippen LogP contribution is 2.49. The highest BCUT2D eigenvalue weighted by atomic mass is 16.6. The van der Waals surface area contributed by atoms with E-state index in [1.807, 2.05) is 0 Å². The van der Waals surface area contributed by atoms with Crippen LogP contribution in [-0.4, -0.2) is 73.6 Å². The van der Waals surface area contributed by atoms with Crippen LogP contribution in [0.15, 0.2) is 0 Å². The van der Waals surface area contributed by atoms with E-state index in [0.29, 0.717) is 18.9 Å². The minimum atomic E-state index is -0.550. The minimum Gasteiger partial charge on any atom is -0.452 e. The number of cyclic esters (lactones) is 1. The van der Waals surface area contributed by atoms with E-state index in [1.165, 1.54) is 25.9 Å². The lowest BCUT2D eigenvalue weighted by molar-refractivity contribution is -0.150. The molecular formula is C20H33N3O3. The molecule has 1 spiro atoms. The van der Waals surface area contributed by atoms with E-state index < -0.39 is 6.10 Å². The maximum absolute atomic E-state index is 12.7. The summed E-state index contributed by atoms with van der Waals surface area (Å²) in [6.07, 6.45) is 7.54. The first-order chi connectivity index (χ1) is 12.6. The number of hydrogen-bond acceptors (Lipinski definition) is 5. The predicted molar refractivity (Wildman–Crippen MR) is 98.6 cm³/mol. The van der Waals surface area contributed by atoms with E-state index >= 15 is 0 Å². The van der Waals surface area contributed by atoms with Crippen molar-refractivity contribution in [3.05, 3.63) is 0 Å². The van der Waals surface area contributed by atoms with E-state index in [1.54, 1.807) is 0 Å². The lowest BCUT2D eigenvalue weighted by Gasteiger charge is -2.45. The Morgan fingerprint density at radius 1 is 1.23 bits per heavy atom. The molecular weight excluding hydrogens is 330 g/mol. The number of likely N-dealkylation sites (N-methyl/N-ethyl adjacent to an activating group) is 1. The van der Waals surface area contributed by atoms with Gasteiger partial charge in [-0.15, -0.1) is 0 Å². The van der Waals surface area contributed by atoms with Gasteiger partial charge in [0, 0.05) is 44.2 Å². The van der Waals surface area contributed by atoms with Crippen LogP contribution in [0.25, 0.3) is 0 Å². The van der Waals surface area contributed by atoms with Crippen molar-refractivity contribution in [2.75, 3.05) is 39.8 Å². The van der Waals surface area contributed by atoms with Crippen LogP contribution in [-0.2, 0) is 14.3 Å². The second-order valence-corrected chi connectivity index (χ2v) is 9.05. The maximum atomic E-state index is 12.7. The zero-order valence-corrected chi connectivity index (χ0v) is 16.0. The minimum absolute atomic E-state index is 0.0639. The number of carbonyl (C=O) groups is 2. The van der Waals surface area contributed by atoms with Gasteiger partial charge >= 0.3 is 5.97 Å². The molecule has 0 aromatic heterocycles. The Kier molecular flexibility index (Phi) is 5.24. The smallest absolute Gasteiger partial charge is 0.307 e. The average Bonchev–Trinajstić information content (AvgIpc) is 3.21. The molecule has 3 heterocycles. The Labute approximate surface area is 156 Å². The van der Waals surface area contributed by atoms with E-state index in [4.69, 9.17) is 4.74 Å². The standard InChI is InChI=1S/C20H33N3O3/c1-22-10-11-23-13-15(4-5-16(23)14-22)6-9-21-19(25)18-20(7-2-3-8-20)12-17(24)26-18/h15-16,18H,2-14H2,1H3,(H,21,25). The maximum Gasteiger partial charge on any atom is 0.307 e. The average molecular weight is 364 g/mol. The third-order valence-corrected chi connectivity index (χ3v) is 7.20. The van der Waals surface area contributed by atoms with Crippen molar-refractivity contribution in [2.45, 2.75) is 63.5 Å². The molecule has 146 valence electrons. The van der Waals surface area contributed by atoms with Crippen LogP contribution < -0.4 is 5.32 Å². The fraction of sp³-hybridized carbons (Fsp3) is 0.900. The van der Waals surface area contributed by atoms with Gasteiger partial charge in [-0.05, 0) is 45.1 Å². The number of nitrogens with zero attached hydrogens (tertiary/aromatic N) is 2. The predicted octanol–water partition coefficient (Wildman–Crippen LogP) is 1.39. The molecule has 1 saturated carbocycles. The first kappa shape index (κ1) is 18.2. The number of rotatable bonds is 4. The fourth-order valence-corrected chi connectivity index (χ4v) is 5.67. The molecule has 6 heteroatoms. The second kappa shape index (κ2) is 7.47. The zero-order valence-electron chi connectivity index (χ0n) is 16.0. The van der Waals surface area contributed by atoms with Gasteiger partial charge < -0.3 is 15.0 Å². The monoisotopic (exact) mass is 363 g/mol. The van der Waals surface area contributed by atoms with Crippen LogP contribution in [0.3, 0.4) is 0 Å². The van der Waals surface area contributed by atoms with Crippen LogP contribution in [0.1, 0.15) is 51.4 Å². The Bertz CT molecular complexity index is 546. The summed E-state index contributed by atoms with van der Waals surface area (Å²) in [6, 6.07) is 0.722. The van der Waals surface area contributed by atoms with Crippen LogP contribution >= 0.6 is 0 Å². The first-order valence-corrected chi connectivity index (χ1v) is 10.5. The number of piperazine rings is 1. The summed E-state index contributed by atoms with van der Waals surface area (Å²) in [5, 5.41) is 3.08. The molecule has 4 rings (SSSR count). The van der Waals surface area contributed by atoms with Gasteiger partial charge in [-0.25, -0.2) is 0 Å². The van der Waals surface area contributed by atoms with Gasteiger partial charge in [0.2, 0.25) is 0 Å². The summed E-state index contributed by atoms with van der Waals surface area (Å²) in [5.41, 5.74) is -0.209. The Balaban J connectivity index is 1.23. The van der Waals surface area contributed by atoms with Gasteiger partial charge in [0.1, 0.15) is 0 Å². The quantitative estimate of drug-likeness (QED) is 0.765. The summed E-state index contributed by atoms with van der Waals surface area (Å²) in [4.78, 5) is 29.5. The number of hydrogen-bond donors (Lipinski definition) is 1. The van der Waals surface area contributed by atoms with Gasteiger partial charge in [-0.1, -0.05) is 12.8 Å². The molecule has 3 aliphatic heterocycles. The third-order valence-electron chi connectivity index (χ3n) is 7.20. The largest absolute Gasteiger partial charge is 0.452 e. The summed E-state index contributed by atoms with van der Waals surface area (Å²) < 4.78 is 5.42. The summed E-state index contributed by atoms with van der Waals surface area (Å²) in [5.74, 6) is 0.410. The number of nitrogens with one attached hydrogen (secondary N) is 1. The van der Waals surface area contributed by atoms with Gasteiger partial charge in [-0.3, -0.25) is 14.5 Å². The molecule has 0 radical (unpaired) electrons. The highest BCUT2D eigenvalue weighted by molar-refractivity contribution is 5.88. The summed E-state index contributed by atoms with van der Waals surface area (Å²) >= 11 is 0. The van der Waals surface area contributed by atoms with E-state index in [-0.39, 0.29) is 17.3 Å². The topological polar surface area (TPSA) is 61.9 Å². The van der Waals surface area contributed by atoms with Gasteiger partial charge in [0.05, 0.1) is 6.42 Å². The van der Waals surface area contributed by atoms with E-state index in [9.17, 15) is 9.59 Å². The molecule has 0 aromatic rings. The molecule has 1 N–H and O–H groups in total. The molecule has 4 aliphatic rings. The van der Waals surface area contributed by atoms with Crippen LogP contribution in [0.2, 0.25) is 0 Å². The van der Waals surface area contributed by atoms with Crippen LogP contribution in [0.5, 0.6) is 0 Å². The molecule has 26 heavy (non-hydrogen) atoms. The summed E-state index contributed by atoms with van der Waals surface area (Å²) in [6.45, 7) is 5.39. The van der Waals surface area contributed by atoms with Crippen LogP contribution in [0, 0.1) is 11.3 Å². The van der Waals surface area contributed by atoms with Gasteiger partial charge in [0.25, 0.3) is 5.91 Å². The molecule has 0 bridgehead atoms. The molecule has 3 atom stereocenters. The first-order valence-electron chi connectivity index (χ1n) is 10.5. The number of carbonyl (C=O) groups excluding carboxylic acids is 2. The molecule has 6 nitrogen and oxygen atoms in total. The molecule has 1 aliphatic carbocycles. The molecule has 3 unspecified atom stereocenters. The Morgan fingerprint density at radius 3 is 2.85 bits per heavy atom. The third kappa shape index (κ3) is 3.63. The van der Waals surface area contributed by atoms with Crippen molar-refractivity contribution in [2.24, 2.45) is 11.3 Å². The number of amides is 1. The lowest BCUT2D eigenvalue weighted by atomic mass is 9.79. The molecule has 3 saturated heterocycles. The van der Waals surface area contributed by atoms with Crippen molar-refractivity contribution >= 4 is 11.9 Å². The van der Waals surface area contributed by atoms with E-state index in [2.05, 4.69) is 22.2 Å². The number of fused-ring (bicyclic) bond motifs is 1. The van der Waals surface area contributed by atoms with Crippen molar-refractivity contribution in [1.82, 2.24) is 15.1 Å². The normalized spacial score (nSPS) is 34.7. The van der Waals surface area contributed by atoms with Crippen molar-refractivity contribution in [3.8, 4) is 0 Å². The van der Waals surface area contributed by atoms with Gasteiger partial charge in [0.15, 0.2) is 6.10 Å². The Morgan fingerprint density at radius 2 is 2.04 bits per heavy atom. The number of esters is 1.